The van der Waals surface area contributed by atoms with E-state index >= 15 is 0 Å². The molecule has 48 valence electrons. The first-order valence-electron chi connectivity index (χ1n) is 2.08. The molecule has 0 bridgehead atoms. The summed E-state index contributed by atoms with van der Waals surface area (Å²) in [4.78, 5) is 0. The Labute approximate surface area is 51.0 Å². The molecule has 0 aliphatic rings. The topological polar surface area (TPSA) is 50.1 Å². The predicted molar refractivity (Wildman–Crippen MR) is 33.7 cm³/mol. The first-order valence-corrected chi connectivity index (χ1v) is 3.81. The minimum Gasteiger partial charge on any atom is -0.484 e. The Balaban J connectivity index is 3.40. The number of methoxy groups -OCH3 is 1. The Kier molecular flexibility index (Phi) is 3.43. The number of hydrogen-bond donors (Lipinski definition) is 1. The summed E-state index contributed by atoms with van der Waals surface area (Å²) in [6.07, 6.45) is 1.54. The van der Waals surface area contributed by atoms with Gasteiger partial charge in [-0.1, -0.05) is 0 Å². The van der Waals surface area contributed by atoms with E-state index in [4.69, 9.17) is 5.41 Å². The third kappa shape index (κ3) is 3.80. The van der Waals surface area contributed by atoms with Crippen molar-refractivity contribution in [3.8, 4) is 0 Å². The third-order valence-electron chi connectivity index (χ3n) is 0.581. The zero-order valence-corrected chi connectivity index (χ0v) is 5.75. The zero-order valence-electron chi connectivity index (χ0n) is 4.93. The number of rotatable bonds is 2. The van der Waals surface area contributed by atoms with Gasteiger partial charge in [0, 0.05) is 17.1 Å². The molecule has 0 aliphatic heterocycles. The lowest BCUT2D eigenvalue weighted by Gasteiger charge is -1.95. The van der Waals surface area contributed by atoms with Gasteiger partial charge in [0.05, 0.1) is 12.9 Å². The Morgan fingerprint density at radius 3 is 2.50 bits per heavy atom. The highest BCUT2D eigenvalue weighted by Gasteiger charge is 1.95. The zero-order chi connectivity index (χ0) is 6.57. The van der Waals surface area contributed by atoms with E-state index in [1.807, 2.05) is 0 Å². The Bertz CT molecular complexity index is 113. The molecule has 0 saturated carbocycles. The molecule has 0 aromatic carbocycles. The van der Waals surface area contributed by atoms with E-state index in [0.717, 1.165) is 0 Å². The molecule has 3 nitrogen and oxygen atoms in total. The van der Waals surface area contributed by atoms with Gasteiger partial charge in [-0.3, -0.25) is 9.62 Å². The molecule has 0 heterocycles. The van der Waals surface area contributed by atoms with Gasteiger partial charge >= 0.3 is 0 Å². The van der Waals surface area contributed by atoms with Crippen LogP contribution in [0.2, 0.25) is 0 Å². The average molecular weight is 135 g/mol. The van der Waals surface area contributed by atoms with Crippen molar-refractivity contribution in [3.05, 3.63) is 0 Å². The molecule has 0 aromatic heterocycles. The summed E-state index contributed by atoms with van der Waals surface area (Å²) < 4.78 is 14.8. The van der Waals surface area contributed by atoms with Crippen molar-refractivity contribution < 1.29 is 8.95 Å². The maximum atomic E-state index is 10.3. The molecular weight excluding hydrogens is 126 g/mol. The van der Waals surface area contributed by atoms with Crippen molar-refractivity contribution in [1.82, 2.24) is 0 Å². The van der Waals surface area contributed by atoms with E-state index in [0.29, 0.717) is 0 Å². The Morgan fingerprint density at radius 1 is 1.88 bits per heavy atom. The van der Waals surface area contributed by atoms with Crippen LogP contribution in [0.5, 0.6) is 0 Å². The van der Waals surface area contributed by atoms with Crippen LogP contribution in [0.1, 0.15) is 0 Å². The second-order valence-electron chi connectivity index (χ2n) is 1.34. The standard InChI is InChI=1S/C4H9NO2S/c1-7-4(5)3-8(2)6/h5H,3H2,1-2H3. The van der Waals surface area contributed by atoms with E-state index < -0.39 is 10.8 Å². The Morgan fingerprint density at radius 2 is 2.38 bits per heavy atom. The van der Waals surface area contributed by atoms with Crippen LogP contribution in [-0.4, -0.2) is 29.2 Å². The van der Waals surface area contributed by atoms with Gasteiger partial charge in [0.1, 0.15) is 0 Å². The average Bonchev–Trinajstić information content (AvgIpc) is 1.65. The summed E-state index contributed by atoms with van der Waals surface area (Å²) in [5.41, 5.74) is 0. The number of hydrogen-bond acceptors (Lipinski definition) is 3. The van der Waals surface area contributed by atoms with Crippen molar-refractivity contribution in [3.63, 3.8) is 0 Å². The van der Waals surface area contributed by atoms with E-state index in [1.165, 1.54) is 13.4 Å². The molecular formula is C4H9NO2S. The molecule has 0 saturated heterocycles. The highest BCUT2D eigenvalue weighted by Crippen LogP contribution is 1.77. The van der Waals surface area contributed by atoms with E-state index in [2.05, 4.69) is 4.74 Å². The maximum Gasteiger partial charge on any atom is 0.192 e. The highest BCUT2D eigenvalue weighted by molar-refractivity contribution is 7.84. The van der Waals surface area contributed by atoms with Gasteiger partial charge in [0.2, 0.25) is 0 Å². The molecule has 0 rings (SSSR count). The van der Waals surface area contributed by atoms with Crippen LogP contribution in [0.15, 0.2) is 0 Å². The van der Waals surface area contributed by atoms with Crippen LogP contribution in [0.25, 0.3) is 0 Å². The van der Waals surface area contributed by atoms with Crippen molar-refractivity contribution in [1.29, 1.82) is 5.41 Å². The first-order chi connectivity index (χ1) is 3.66. The number of nitrogens with one attached hydrogen (secondary N) is 1. The van der Waals surface area contributed by atoms with Crippen LogP contribution in [-0.2, 0) is 15.5 Å². The summed E-state index contributed by atoms with van der Waals surface area (Å²) in [7, 11) is 0.453. The van der Waals surface area contributed by atoms with Crippen molar-refractivity contribution in [2.24, 2.45) is 0 Å². The van der Waals surface area contributed by atoms with Crippen molar-refractivity contribution in [2.75, 3.05) is 19.1 Å². The lowest BCUT2D eigenvalue weighted by Crippen LogP contribution is -2.09. The van der Waals surface area contributed by atoms with Gasteiger partial charge in [-0.05, 0) is 0 Å². The summed E-state index contributed by atoms with van der Waals surface area (Å²) >= 11 is 0. The summed E-state index contributed by atoms with van der Waals surface area (Å²) in [6.45, 7) is 0. The van der Waals surface area contributed by atoms with Gasteiger partial charge in [-0.15, -0.1) is 0 Å². The SMILES string of the molecule is COC(=N)CS(C)=O. The normalized spacial score (nSPS) is 12.8. The molecule has 0 radical (unpaired) electrons. The molecule has 1 atom stereocenters. The fourth-order valence-corrected chi connectivity index (χ4v) is 0.731. The van der Waals surface area contributed by atoms with Gasteiger partial charge in [0.25, 0.3) is 0 Å². The van der Waals surface area contributed by atoms with Crippen molar-refractivity contribution >= 4 is 16.7 Å². The largest absolute Gasteiger partial charge is 0.484 e. The van der Waals surface area contributed by atoms with Gasteiger partial charge in [-0.2, -0.15) is 0 Å². The molecule has 1 unspecified atom stereocenters. The molecule has 1 N–H and O–H groups in total. The number of ether oxygens (including phenoxy) is 1. The molecule has 0 fully saturated rings. The quantitative estimate of drug-likeness (QED) is 0.427. The van der Waals surface area contributed by atoms with E-state index in [9.17, 15) is 4.21 Å². The fourth-order valence-electron chi connectivity index (χ4n) is 0.244. The summed E-state index contributed by atoms with van der Waals surface area (Å²) in [5.74, 6) is 0.294. The first kappa shape index (κ1) is 7.62. The predicted octanol–water partition coefficient (Wildman–Crippen LogP) is -0.0114. The third-order valence-corrected chi connectivity index (χ3v) is 1.25. The van der Waals surface area contributed by atoms with Gasteiger partial charge < -0.3 is 4.74 Å². The smallest absolute Gasteiger partial charge is 0.192 e. The van der Waals surface area contributed by atoms with Gasteiger partial charge in [0.15, 0.2) is 5.90 Å². The van der Waals surface area contributed by atoms with E-state index in [-0.39, 0.29) is 11.7 Å². The van der Waals surface area contributed by atoms with Crippen LogP contribution < -0.4 is 0 Å². The van der Waals surface area contributed by atoms with Gasteiger partial charge in [-0.25, -0.2) is 0 Å². The molecule has 0 spiro atoms. The van der Waals surface area contributed by atoms with Crippen LogP contribution in [0.3, 0.4) is 0 Å². The summed E-state index contributed by atoms with van der Waals surface area (Å²) in [6, 6.07) is 0. The molecule has 0 aliphatic carbocycles. The molecule has 8 heavy (non-hydrogen) atoms. The van der Waals surface area contributed by atoms with Crippen LogP contribution >= 0.6 is 0 Å². The minimum absolute atomic E-state index is 0.0748. The van der Waals surface area contributed by atoms with Crippen LogP contribution in [0.4, 0.5) is 0 Å². The second kappa shape index (κ2) is 3.60. The summed E-state index contributed by atoms with van der Waals surface area (Å²) in [5, 5.41) is 6.85. The fraction of sp³-hybridized carbons (Fsp3) is 0.750. The second-order valence-corrected chi connectivity index (χ2v) is 2.78. The lowest BCUT2D eigenvalue weighted by atomic mass is 10.8. The molecule has 0 amide bonds. The molecule has 0 aromatic rings. The van der Waals surface area contributed by atoms with Crippen molar-refractivity contribution in [2.45, 2.75) is 0 Å². The van der Waals surface area contributed by atoms with Crippen LogP contribution in [0, 0.1) is 5.41 Å². The van der Waals surface area contributed by atoms with E-state index in [1.54, 1.807) is 0 Å². The highest BCUT2D eigenvalue weighted by atomic mass is 32.2. The Hall–Kier alpha value is -0.380. The monoisotopic (exact) mass is 135 g/mol. The molecule has 4 heteroatoms. The minimum atomic E-state index is -0.945. The lowest BCUT2D eigenvalue weighted by molar-refractivity contribution is 0.397. The maximum absolute atomic E-state index is 10.3.